The van der Waals surface area contributed by atoms with Crippen LogP contribution in [0.4, 0.5) is 17.1 Å². The van der Waals surface area contributed by atoms with E-state index in [1.807, 2.05) is 53.4 Å². The third-order valence-corrected chi connectivity index (χ3v) is 6.55. The summed E-state index contributed by atoms with van der Waals surface area (Å²) in [6.45, 7) is 5.34. The molecule has 3 aromatic rings. The maximum Gasteiger partial charge on any atom is 0.248 e. The van der Waals surface area contributed by atoms with Gasteiger partial charge in [0.05, 0.1) is 17.5 Å². The van der Waals surface area contributed by atoms with Crippen molar-refractivity contribution in [2.45, 2.75) is 38.3 Å². The largest absolute Gasteiger partial charge is 0.397 e. The Morgan fingerprint density at radius 3 is 2.27 bits per heavy atom. The number of aliphatic hydroxyl groups is 1. The number of benzene rings is 3. The number of hydrogen-bond donors (Lipinski definition) is 4. The lowest BCUT2D eigenvalue weighted by molar-refractivity contribution is -0.121. The zero-order valence-corrected chi connectivity index (χ0v) is 21.2. The van der Waals surface area contributed by atoms with Crippen molar-refractivity contribution < 1.29 is 14.7 Å². The molecule has 1 saturated heterocycles. The highest BCUT2D eigenvalue weighted by Crippen LogP contribution is 2.28. The summed E-state index contributed by atoms with van der Waals surface area (Å²) in [5.74, 6) is -0.0121. The number of β-amino-alcohol motifs (C(OH)–C–C–N with tert-alkyl or cyclic N) is 1. The fourth-order valence-corrected chi connectivity index (χ4v) is 4.44. The van der Waals surface area contributed by atoms with Gasteiger partial charge in [-0.25, -0.2) is 0 Å². The number of hydrogen-bond acceptors (Lipinski definition) is 5. The van der Waals surface area contributed by atoms with Gasteiger partial charge in [0, 0.05) is 24.9 Å². The second kappa shape index (κ2) is 11.9. The summed E-state index contributed by atoms with van der Waals surface area (Å²) >= 11 is 0. The second-order valence-corrected chi connectivity index (χ2v) is 9.68. The maximum absolute atomic E-state index is 13.4. The molecule has 0 aliphatic carbocycles. The van der Waals surface area contributed by atoms with Gasteiger partial charge in [-0.15, -0.1) is 0 Å². The van der Waals surface area contributed by atoms with E-state index < -0.39 is 12.1 Å². The van der Waals surface area contributed by atoms with E-state index in [1.165, 1.54) is 11.6 Å². The highest BCUT2D eigenvalue weighted by molar-refractivity contribution is 6.03. The van der Waals surface area contributed by atoms with Gasteiger partial charge >= 0.3 is 0 Å². The first-order valence-corrected chi connectivity index (χ1v) is 12.6. The number of nitrogens with one attached hydrogen (secondary N) is 2. The van der Waals surface area contributed by atoms with Gasteiger partial charge in [-0.2, -0.15) is 0 Å². The van der Waals surface area contributed by atoms with Crippen LogP contribution in [0, 0.1) is 0 Å². The van der Waals surface area contributed by atoms with Crippen molar-refractivity contribution in [3.05, 3.63) is 95.6 Å². The van der Waals surface area contributed by atoms with Gasteiger partial charge in [-0.1, -0.05) is 62.4 Å². The Morgan fingerprint density at radius 2 is 1.65 bits per heavy atom. The van der Waals surface area contributed by atoms with Crippen LogP contribution in [-0.2, 0) is 9.59 Å². The van der Waals surface area contributed by atoms with Gasteiger partial charge in [-0.05, 0) is 59.4 Å². The maximum atomic E-state index is 13.4. The molecular formula is C30H34N4O3. The minimum atomic E-state index is -0.538. The summed E-state index contributed by atoms with van der Waals surface area (Å²) in [4.78, 5) is 27.7. The Hall–Kier alpha value is -3.94. The predicted octanol–water partition coefficient (Wildman–Crippen LogP) is 4.79. The summed E-state index contributed by atoms with van der Waals surface area (Å²) in [5.41, 5.74) is 10.5. The summed E-state index contributed by atoms with van der Waals surface area (Å²) in [6.07, 6.45) is 3.35. The van der Waals surface area contributed by atoms with Gasteiger partial charge in [0.25, 0.3) is 0 Å². The Bertz CT molecular complexity index is 1250. The molecule has 1 aliphatic rings. The molecule has 2 amide bonds. The first-order chi connectivity index (χ1) is 17.8. The quantitative estimate of drug-likeness (QED) is 0.264. The van der Waals surface area contributed by atoms with Crippen molar-refractivity contribution in [2.75, 3.05) is 29.5 Å². The Kier molecular flexibility index (Phi) is 8.38. The average molecular weight is 499 g/mol. The van der Waals surface area contributed by atoms with Gasteiger partial charge < -0.3 is 21.5 Å². The number of carbonyl (C=O) groups is 2. The highest BCUT2D eigenvalue weighted by atomic mass is 16.3. The van der Waals surface area contributed by atoms with E-state index in [0.717, 1.165) is 16.8 Å². The molecule has 7 nitrogen and oxygen atoms in total. The Labute approximate surface area is 218 Å². The van der Waals surface area contributed by atoms with Crippen molar-refractivity contribution in [2.24, 2.45) is 0 Å². The van der Waals surface area contributed by atoms with Crippen LogP contribution in [-0.4, -0.2) is 41.0 Å². The number of nitrogens with zero attached hydrogens (tertiary/aromatic N) is 1. The molecule has 2 atom stereocenters. The number of likely N-dealkylation sites (tertiary alicyclic amines) is 1. The average Bonchev–Trinajstić information content (AvgIpc) is 3.31. The molecule has 192 valence electrons. The molecule has 0 saturated carbocycles. The van der Waals surface area contributed by atoms with E-state index in [-0.39, 0.29) is 11.8 Å². The van der Waals surface area contributed by atoms with E-state index in [9.17, 15) is 14.7 Å². The lowest BCUT2D eigenvalue weighted by atomic mass is 10.0. The minimum Gasteiger partial charge on any atom is -0.397 e. The molecule has 0 bridgehead atoms. The molecule has 1 fully saturated rings. The number of anilines is 3. The predicted molar refractivity (Wildman–Crippen MR) is 149 cm³/mol. The van der Waals surface area contributed by atoms with Crippen LogP contribution in [0.1, 0.15) is 48.9 Å². The van der Waals surface area contributed by atoms with Crippen LogP contribution in [0.25, 0.3) is 6.08 Å². The molecule has 5 N–H and O–H groups in total. The second-order valence-electron chi connectivity index (χ2n) is 9.68. The van der Waals surface area contributed by atoms with Crippen molar-refractivity contribution in [1.82, 2.24) is 4.90 Å². The van der Waals surface area contributed by atoms with Crippen LogP contribution in [0.2, 0.25) is 0 Å². The number of nitrogens with two attached hydrogens (primary N) is 1. The van der Waals surface area contributed by atoms with Crippen molar-refractivity contribution in [3.63, 3.8) is 0 Å². The molecule has 37 heavy (non-hydrogen) atoms. The van der Waals surface area contributed by atoms with Crippen molar-refractivity contribution in [3.8, 4) is 0 Å². The third kappa shape index (κ3) is 6.84. The van der Waals surface area contributed by atoms with E-state index in [4.69, 9.17) is 5.73 Å². The minimum absolute atomic E-state index is 0.144. The van der Waals surface area contributed by atoms with Crippen molar-refractivity contribution in [1.29, 1.82) is 0 Å². The van der Waals surface area contributed by atoms with E-state index in [2.05, 4.69) is 24.5 Å². The molecule has 7 heteroatoms. The standard InChI is InChI=1S/C30H34N4O3/c1-20(2)22-12-14-24(15-13-22)32-30(37)29(34-18-17-25(35)19-34)23-10-7-21(8-11-23)9-16-28(36)33-27-6-4-3-5-26(27)31/h3-16,20,25,29,35H,17-19,31H2,1-2H3,(H,32,37)(H,33,36)/t25-,29?/m0/s1. The van der Waals surface area contributed by atoms with E-state index in [0.29, 0.717) is 36.8 Å². The number of rotatable bonds is 8. The summed E-state index contributed by atoms with van der Waals surface area (Å²) < 4.78 is 0. The highest BCUT2D eigenvalue weighted by Gasteiger charge is 2.33. The number of amides is 2. The van der Waals surface area contributed by atoms with E-state index in [1.54, 1.807) is 30.3 Å². The van der Waals surface area contributed by atoms with Crippen LogP contribution < -0.4 is 16.4 Å². The van der Waals surface area contributed by atoms with Gasteiger partial charge in [-0.3, -0.25) is 14.5 Å². The summed E-state index contributed by atoms with van der Waals surface area (Å²) in [6, 6.07) is 22.0. The summed E-state index contributed by atoms with van der Waals surface area (Å²) in [7, 11) is 0. The number of aliphatic hydroxyl groups excluding tert-OH is 1. The monoisotopic (exact) mass is 498 g/mol. The molecule has 4 rings (SSSR count). The molecule has 0 aromatic heterocycles. The molecule has 1 aliphatic heterocycles. The molecule has 3 aromatic carbocycles. The van der Waals surface area contributed by atoms with Crippen LogP contribution in [0.5, 0.6) is 0 Å². The normalized spacial score (nSPS) is 16.7. The fraction of sp³-hybridized carbons (Fsp3) is 0.267. The zero-order valence-electron chi connectivity index (χ0n) is 21.2. The Balaban J connectivity index is 1.47. The van der Waals surface area contributed by atoms with Crippen LogP contribution in [0.3, 0.4) is 0 Å². The van der Waals surface area contributed by atoms with Crippen LogP contribution in [0.15, 0.2) is 78.9 Å². The van der Waals surface area contributed by atoms with Gasteiger partial charge in [0.1, 0.15) is 6.04 Å². The smallest absolute Gasteiger partial charge is 0.248 e. The first-order valence-electron chi connectivity index (χ1n) is 12.6. The van der Waals surface area contributed by atoms with E-state index >= 15 is 0 Å². The van der Waals surface area contributed by atoms with Crippen molar-refractivity contribution >= 4 is 35.0 Å². The lowest BCUT2D eigenvalue weighted by Gasteiger charge is -2.27. The Morgan fingerprint density at radius 1 is 0.973 bits per heavy atom. The third-order valence-electron chi connectivity index (χ3n) is 6.55. The molecule has 0 spiro atoms. The first kappa shape index (κ1) is 26.1. The number of para-hydroxylation sites is 2. The SMILES string of the molecule is CC(C)c1ccc(NC(=O)C(c2ccc(C=CC(=O)Nc3ccccc3N)cc2)N2CC[C@H](O)C2)cc1. The summed E-state index contributed by atoms with van der Waals surface area (Å²) in [5, 5.41) is 15.9. The fourth-order valence-electron chi connectivity index (χ4n) is 4.44. The molecule has 1 unspecified atom stereocenters. The molecule has 0 radical (unpaired) electrons. The van der Waals surface area contributed by atoms with Gasteiger partial charge in [0.15, 0.2) is 0 Å². The van der Waals surface area contributed by atoms with Gasteiger partial charge in [0.2, 0.25) is 11.8 Å². The van der Waals surface area contributed by atoms with Crippen LogP contribution >= 0.6 is 0 Å². The number of carbonyl (C=O) groups excluding carboxylic acids is 2. The molecule has 1 heterocycles. The molecular weight excluding hydrogens is 464 g/mol. The number of nitrogen functional groups attached to an aromatic ring is 1. The topological polar surface area (TPSA) is 108 Å². The zero-order chi connectivity index (χ0) is 26.4. The lowest BCUT2D eigenvalue weighted by Crippen LogP contribution is -2.36.